The van der Waals surface area contributed by atoms with Gasteiger partial charge in [0.2, 0.25) is 5.91 Å². The van der Waals surface area contributed by atoms with Crippen molar-refractivity contribution in [3.8, 4) is 11.3 Å². The van der Waals surface area contributed by atoms with Crippen LogP contribution >= 0.6 is 0 Å². The summed E-state index contributed by atoms with van der Waals surface area (Å²) in [5.74, 6) is 0.999. The Kier molecular flexibility index (Phi) is 5.57. The third kappa shape index (κ3) is 4.20. The Balaban J connectivity index is 1.40. The third-order valence-corrected chi connectivity index (χ3v) is 6.20. The highest BCUT2D eigenvalue weighted by atomic mass is 16.2. The van der Waals surface area contributed by atoms with Crippen molar-refractivity contribution in [1.82, 2.24) is 34.5 Å². The summed E-state index contributed by atoms with van der Waals surface area (Å²) in [5.41, 5.74) is 4.79. The molecule has 3 aromatic heterocycles. The number of fused-ring (bicyclic) bond motifs is 1. The predicted octanol–water partition coefficient (Wildman–Crippen LogP) is 1.50. The molecule has 5 rings (SSSR count). The van der Waals surface area contributed by atoms with Gasteiger partial charge in [0.25, 0.3) is 0 Å². The molecule has 0 atom stereocenters. The maximum Gasteiger partial charge on any atom is 0.219 e. The van der Waals surface area contributed by atoms with Crippen LogP contribution in [0.15, 0.2) is 36.8 Å². The lowest BCUT2D eigenvalue weighted by Gasteiger charge is -2.36. The molecule has 3 aromatic rings. The van der Waals surface area contributed by atoms with Crippen molar-refractivity contribution in [2.75, 3.05) is 37.6 Å². The molecular weight excluding hydrogens is 404 g/mol. The minimum atomic E-state index is 0.0773. The van der Waals surface area contributed by atoms with E-state index in [0.29, 0.717) is 13.1 Å². The molecule has 0 radical (unpaired) electrons. The monoisotopic (exact) mass is 432 g/mol. The van der Waals surface area contributed by atoms with Crippen LogP contribution < -0.4 is 4.90 Å². The van der Waals surface area contributed by atoms with Gasteiger partial charge in [-0.05, 0) is 12.1 Å². The van der Waals surface area contributed by atoms with Gasteiger partial charge < -0.3 is 9.80 Å². The summed E-state index contributed by atoms with van der Waals surface area (Å²) in [6.45, 7) is 7.34. The maximum atomic E-state index is 11.9. The number of carbonyl (C=O) groups excluding carboxylic acids is 1. The first kappa shape index (κ1) is 20.6. The summed E-state index contributed by atoms with van der Waals surface area (Å²) in [5, 5.41) is 4.34. The second-order valence-corrected chi connectivity index (χ2v) is 8.47. The SMILES string of the molecule is CC(=O)N1CCc2nc(N3CCN(Cc4ccccn4)CC3)c(-c3cnn(C)c3)nc2C1. The van der Waals surface area contributed by atoms with Crippen LogP contribution in [-0.2, 0) is 31.4 Å². The first-order chi connectivity index (χ1) is 15.6. The number of piperazine rings is 1. The quantitative estimate of drug-likeness (QED) is 0.618. The molecule has 1 fully saturated rings. The highest BCUT2D eigenvalue weighted by Crippen LogP contribution is 2.31. The van der Waals surface area contributed by atoms with Gasteiger partial charge in [0.05, 0.1) is 29.8 Å². The zero-order valence-electron chi connectivity index (χ0n) is 18.6. The van der Waals surface area contributed by atoms with Gasteiger partial charge in [-0.2, -0.15) is 5.10 Å². The summed E-state index contributed by atoms with van der Waals surface area (Å²) >= 11 is 0. The zero-order valence-corrected chi connectivity index (χ0v) is 18.6. The van der Waals surface area contributed by atoms with Crippen LogP contribution in [0.4, 0.5) is 5.82 Å². The largest absolute Gasteiger partial charge is 0.352 e. The van der Waals surface area contributed by atoms with Crippen molar-refractivity contribution >= 4 is 11.7 Å². The first-order valence-electron chi connectivity index (χ1n) is 11.1. The van der Waals surface area contributed by atoms with Gasteiger partial charge in [-0.15, -0.1) is 0 Å². The molecule has 32 heavy (non-hydrogen) atoms. The molecule has 1 amide bonds. The van der Waals surface area contributed by atoms with E-state index in [1.165, 1.54) is 0 Å². The van der Waals surface area contributed by atoms with Crippen molar-refractivity contribution < 1.29 is 4.79 Å². The second-order valence-electron chi connectivity index (χ2n) is 8.47. The van der Waals surface area contributed by atoms with Crippen molar-refractivity contribution in [2.45, 2.75) is 26.4 Å². The number of aryl methyl sites for hydroxylation is 1. The number of rotatable bonds is 4. The first-order valence-corrected chi connectivity index (χ1v) is 11.1. The number of amides is 1. The van der Waals surface area contributed by atoms with Gasteiger partial charge in [0.1, 0.15) is 5.69 Å². The van der Waals surface area contributed by atoms with E-state index in [9.17, 15) is 4.79 Å². The number of pyridine rings is 1. The Morgan fingerprint density at radius 2 is 1.91 bits per heavy atom. The topological polar surface area (TPSA) is 83.3 Å². The normalized spacial score (nSPS) is 16.8. The number of nitrogens with zero attached hydrogens (tertiary/aromatic N) is 8. The molecule has 166 valence electrons. The van der Waals surface area contributed by atoms with Crippen molar-refractivity contribution in [3.63, 3.8) is 0 Å². The van der Waals surface area contributed by atoms with Crippen LogP contribution in [0.3, 0.4) is 0 Å². The Bertz CT molecular complexity index is 1100. The minimum Gasteiger partial charge on any atom is -0.352 e. The fourth-order valence-corrected chi connectivity index (χ4v) is 4.39. The number of anilines is 1. The molecule has 0 bridgehead atoms. The summed E-state index contributed by atoms with van der Waals surface area (Å²) < 4.78 is 1.78. The highest BCUT2D eigenvalue weighted by molar-refractivity contribution is 5.74. The maximum absolute atomic E-state index is 11.9. The van der Waals surface area contributed by atoms with Crippen LogP contribution in [0.1, 0.15) is 24.0 Å². The third-order valence-electron chi connectivity index (χ3n) is 6.20. The Morgan fingerprint density at radius 3 is 2.59 bits per heavy atom. The van der Waals surface area contributed by atoms with Gasteiger partial charge in [0.15, 0.2) is 5.82 Å². The number of carbonyl (C=O) groups is 1. The summed E-state index contributed by atoms with van der Waals surface area (Å²) in [4.78, 5) is 33.0. The molecule has 2 aliphatic rings. The molecule has 0 spiro atoms. The van der Waals surface area contributed by atoms with Crippen LogP contribution in [0, 0.1) is 0 Å². The lowest BCUT2D eigenvalue weighted by molar-refractivity contribution is -0.129. The molecule has 9 heteroatoms. The number of aromatic nitrogens is 5. The second kappa shape index (κ2) is 8.66. The standard InChI is InChI=1S/C23H28N8O/c1-17(32)31-8-6-20-21(16-31)26-22(18-13-25-28(2)14-18)23(27-20)30-11-9-29(10-12-30)15-19-5-3-4-7-24-19/h3-5,7,13-14H,6,8-12,15-16H2,1-2H3. The van der Waals surface area contributed by atoms with E-state index in [2.05, 4.69) is 25.9 Å². The van der Waals surface area contributed by atoms with Gasteiger partial charge in [-0.3, -0.25) is 19.4 Å². The summed E-state index contributed by atoms with van der Waals surface area (Å²) in [6.07, 6.45) is 6.40. The van der Waals surface area contributed by atoms with Crippen LogP contribution in [0.2, 0.25) is 0 Å². The highest BCUT2D eigenvalue weighted by Gasteiger charge is 2.27. The Labute approximate surface area is 187 Å². The molecule has 0 aromatic carbocycles. The molecule has 5 heterocycles. The van der Waals surface area contributed by atoms with Crippen molar-refractivity contribution in [2.24, 2.45) is 7.05 Å². The van der Waals surface area contributed by atoms with Gasteiger partial charge in [-0.1, -0.05) is 6.07 Å². The van der Waals surface area contributed by atoms with Crippen LogP contribution in [0.25, 0.3) is 11.3 Å². The van der Waals surface area contributed by atoms with E-state index < -0.39 is 0 Å². The Hall–Kier alpha value is -3.33. The zero-order chi connectivity index (χ0) is 22.1. The van der Waals surface area contributed by atoms with Crippen molar-refractivity contribution in [1.29, 1.82) is 0 Å². The van der Waals surface area contributed by atoms with Gasteiger partial charge in [0, 0.05) is 77.6 Å². The van der Waals surface area contributed by atoms with Crippen LogP contribution in [-0.4, -0.2) is 73.2 Å². The summed E-state index contributed by atoms with van der Waals surface area (Å²) in [6, 6.07) is 6.06. The lowest BCUT2D eigenvalue weighted by atomic mass is 10.1. The van der Waals surface area contributed by atoms with Crippen LogP contribution in [0.5, 0.6) is 0 Å². The molecular formula is C23H28N8O. The molecule has 0 unspecified atom stereocenters. The molecule has 1 saturated heterocycles. The molecule has 0 saturated carbocycles. The minimum absolute atomic E-state index is 0.0773. The Morgan fingerprint density at radius 1 is 1.06 bits per heavy atom. The summed E-state index contributed by atoms with van der Waals surface area (Å²) in [7, 11) is 1.91. The predicted molar refractivity (Wildman–Crippen MR) is 121 cm³/mol. The van der Waals surface area contributed by atoms with E-state index in [0.717, 1.165) is 73.3 Å². The van der Waals surface area contributed by atoms with E-state index in [-0.39, 0.29) is 5.91 Å². The van der Waals surface area contributed by atoms with E-state index in [1.807, 2.05) is 42.7 Å². The van der Waals surface area contributed by atoms with E-state index >= 15 is 0 Å². The van der Waals surface area contributed by atoms with E-state index in [1.54, 1.807) is 11.6 Å². The molecule has 0 aliphatic carbocycles. The van der Waals surface area contributed by atoms with Crippen molar-refractivity contribution in [3.05, 3.63) is 53.9 Å². The average molecular weight is 433 g/mol. The van der Waals surface area contributed by atoms with Gasteiger partial charge in [-0.25, -0.2) is 9.97 Å². The average Bonchev–Trinajstić information content (AvgIpc) is 3.25. The number of hydrogen-bond donors (Lipinski definition) is 0. The fourth-order valence-electron chi connectivity index (χ4n) is 4.39. The lowest BCUT2D eigenvalue weighted by Crippen LogP contribution is -2.46. The fraction of sp³-hybridized carbons (Fsp3) is 0.435. The van der Waals surface area contributed by atoms with Gasteiger partial charge >= 0.3 is 0 Å². The number of hydrogen-bond acceptors (Lipinski definition) is 7. The van der Waals surface area contributed by atoms with E-state index in [4.69, 9.17) is 9.97 Å². The smallest absolute Gasteiger partial charge is 0.219 e. The molecule has 9 nitrogen and oxygen atoms in total. The molecule has 0 N–H and O–H groups in total. The molecule has 2 aliphatic heterocycles.